The maximum Gasteiger partial charge on any atom is 0.295 e. The molecule has 40 heavy (non-hydrogen) atoms. The lowest BCUT2D eigenvalue weighted by Crippen LogP contribution is -2.32. The van der Waals surface area contributed by atoms with Gasteiger partial charge in [-0.3, -0.25) is 9.59 Å². The van der Waals surface area contributed by atoms with Gasteiger partial charge in [0.05, 0.1) is 18.2 Å². The molecule has 0 bridgehead atoms. The number of ketones is 1. The Balaban J connectivity index is 1.67. The van der Waals surface area contributed by atoms with E-state index in [2.05, 4.69) is 6.07 Å². The van der Waals surface area contributed by atoms with Gasteiger partial charge in [0.2, 0.25) is 0 Å². The van der Waals surface area contributed by atoms with E-state index in [0.717, 1.165) is 17.7 Å². The molecule has 3 aromatic rings. The minimum absolute atomic E-state index is 0.00331. The SMILES string of the molecule is CCOc1cc([C@@H]2/C(=C(\O)c3ccc(OCc4cccc(C)c4)cc3)C(=O)C(=O)N2CCCN(C)C)ccc1O. The Morgan fingerprint density at radius 1 is 1.00 bits per heavy atom. The van der Waals surface area contributed by atoms with E-state index in [-0.39, 0.29) is 22.8 Å². The number of amides is 1. The molecule has 1 amide bonds. The first-order chi connectivity index (χ1) is 19.2. The third kappa shape index (κ3) is 6.46. The predicted molar refractivity (Wildman–Crippen MR) is 153 cm³/mol. The molecule has 0 aliphatic carbocycles. The highest BCUT2D eigenvalue weighted by Gasteiger charge is 2.46. The molecule has 2 N–H and O–H groups in total. The lowest BCUT2D eigenvalue weighted by molar-refractivity contribution is -0.139. The molecule has 0 radical (unpaired) electrons. The van der Waals surface area contributed by atoms with E-state index < -0.39 is 17.7 Å². The second kappa shape index (κ2) is 12.7. The van der Waals surface area contributed by atoms with Crippen LogP contribution in [-0.4, -0.2) is 65.5 Å². The minimum Gasteiger partial charge on any atom is -0.507 e. The van der Waals surface area contributed by atoms with Gasteiger partial charge in [-0.25, -0.2) is 0 Å². The third-order valence-electron chi connectivity index (χ3n) is 6.76. The molecule has 4 rings (SSSR count). The van der Waals surface area contributed by atoms with Crippen LogP contribution in [0.1, 0.15) is 41.6 Å². The second-order valence-electron chi connectivity index (χ2n) is 10.1. The van der Waals surface area contributed by atoms with Crippen LogP contribution >= 0.6 is 0 Å². The number of rotatable bonds is 11. The van der Waals surface area contributed by atoms with Gasteiger partial charge in [0.1, 0.15) is 18.1 Å². The van der Waals surface area contributed by atoms with Gasteiger partial charge < -0.3 is 29.5 Å². The van der Waals surface area contributed by atoms with Crippen LogP contribution in [-0.2, 0) is 16.2 Å². The van der Waals surface area contributed by atoms with Gasteiger partial charge in [-0.15, -0.1) is 0 Å². The fourth-order valence-corrected chi connectivity index (χ4v) is 4.82. The smallest absolute Gasteiger partial charge is 0.295 e. The summed E-state index contributed by atoms with van der Waals surface area (Å²) in [4.78, 5) is 30.0. The van der Waals surface area contributed by atoms with Crippen molar-refractivity contribution in [2.24, 2.45) is 0 Å². The van der Waals surface area contributed by atoms with Gasteiger partial charge in [-0.05, 0) is 88.4 Å². The number of aliphatic hydroxyl groups is 1. The Bertz CT molecular complexity index is 1400. The molecule has 0 unspecified atom stereocenters. The molecule has 8 heteroatoms. The van der Waals surface area contributed by atoms with Crippen LogP contribution in [0.5, 0.6) is 17.2 Å². The van der Waals surface area contributed by atoms with Gasteiger partial charge in [-0.1, -0.05) is 35.9 Å². The monoisotopic (exact) mass is 544 g/mol. The number of hydrogen-bond acceptors (Lipinski definition) is 7. The van der Waals surface area contributed by atoms with E-state index in [1.165, 1.54) is 11.0 Å². The first kappa shape index (κ1) is 28.7. The molecule has 1 aliphatic rings. The summed E-state index contributed by atoms with van der Waals surface area (Å²) in [5, 5.41) is 21.6. The zero-order valence-electron chi connectivity index (χ0n) is 23.4. The molecule has 0 saturated carbocycles. The predicted octanol–water partition coefficient (Wildman–Crippen LogP) is 5.05. The maximum absolute atomic E-state index is 13.3. The highest BCUT2D eigenvalue weighted by molar-refractivity contribution is 6.46. The Morgan fingerprint density at radius 2 is 1.75 bits per heavy atom. The number of benzene rings is 3. The summed E-state index contributed by atoms with van der Waals surface area (Å²) in [7, 11) is 3.88. The van der Waals surface area contributed by atoms with Gasteiger partial charge in [0.15, 0.2) is 11.5 Å². The van der Waals surface area contributed by atoms with Crippen LogP contribution in [0.25, 0.3) is 5.76 Å². The standard InChI is InChI=1S/C32H36N2O6/c1-5-39-27-19-24(12-15-26(27)35)29-28(31(37)32(38)34(29)17-7-16-33(3)4)30(36)23-10-13-25(14-11-23)40-20-22-9-6-8-21(2)18-22/h6,8-15,18-19,29,35-36H,5,7,16-17,20H2,1-4H3/b30-28+/t29-/m1/s1. The molecule has 1 heterocycles. The summed E-state index contributed by atoms with van der Waals surface area (Å²) < 4.78 is 11.5. The average Bonchev–Trinajstić information content (AvgIpc) is 3.18. The van der Waals surface area contributed by atoms with Crippen LogP contribution in [0.4, 0.5) is 0 Å². The Labute approximate surface area is 235 Å². The number of carbonyl (C=O) groups excluding carboxylic acids is 2. The van der Waals surface area contributed by atoms with Crippen LogP contribution in [0.3, 0.4) is 0 Å². The number of aromatic hydroxyl groups is 1. The second-order valence-corrected chi connectivity index (χ2v) is 10.1. The van der Waals surface area contributed by atoms with Crippen LogP contribution in [0.15, 0.2) is 72.3 Å². The first-order valence-electron chi connectivity index (χ1n) is 13.4. The van der Waals surface area contributed by atoms with Gasteiger partial charge >= 0.3 is 0 Å². The summed E-state index contributed by atoms with van der Waals surface area (Å²) >= 11 is 0. The van der Waals surface area contributed by atoms with E-state index in [1.54, 1.807) is 43.3 Å². The Hall–Kier alpha value is -4.30. The summed E-state index contributed by atoms with van der Waals surface area (Å²) in [6.07, 6.45) is 0.639. The molecule has 1 fully saturated rings. The summed E-state index contributed by atoms with van der Waals surface area (Å²) in [5.41, 5.74) is 3.14. The number of aliphatic hydroxyl groups excluding tert-OH is 1. The number of carbonyl (C=O) groups is 2. The number of hydrogen-bond donors (Lipinski definition) is 2. The average molecular weight is 545 g/mol. The zero-order chi connectivity index (χ0) is 28.8. The van der Waals surface area contributed by atoms with E-state index in [0.29, 0.717) is 43.1 Å². The molecule has 1 aliphatic heterocycles. The molecule has 0 spiro atoms. The molecule has 3 aromatic carbocycles. The summed E-state index contributed by atoms with van der Waals surface area (Å²) in [6.45, 7) is 5.59. The van der Waals surface area contributed by atoms with Crippen molar-refractivity contribution >= 4 is 17.4 Å². The lowest BCUT2D eigenvalue weighted by atomic mass is 9.95. The topological polar surface area (TPSA) is 99.5 Å². The van der Waals surface area contributed by atoms with E-state index >= 15 is 0 Å². The normalized spacial score (nSPS) is 16.5. The highest BCUT2D eigenvalue weighted by atomic mass is 16.5. The Morgan fingerprint density at radius 3 is 2.42 bits per heavy atom. The number of likely N-dealkylation sites (tertiary alicyclic amines) is 1. The molecule has 0 aromatic heterocycles. The van der Waals surface area contributed by atoms with Crippen molar-refractivity contribution in [2.45, 2.75) is 32.9 Å². The zero-order valence-corrected chi connectivity index (χ0v) is 23.4. The molecular weight excluding hydrogens is 508 g/mol. The van der Waals surface area contributed by atoms with Crippen molar-refractivity contribution < 1.29 is 29.3 Å². The fourth-order valence-electron chi connectivity index (χ4n) is 4.82. The molecule has 1 atom stereocenters. The largest absolute Gasteiger partial charge is 0.507 e. The number of aryl methyl sites for hydroxylation is 1. The number of phenolic OH excluding ortho intramolecular Hbond substituents is 1. The lowest BCUT2D eigenvalue weighted by Gasteiger charge is -2.26. The van der Waals surface area contributed by atoms with Crippen molar-refractivity contribution in [3.63, 3.8) is 0 Å². The van der Waals surface area contributed by atoms with Gasteiger partial charge in [-0.2, -0.15) is 0 Å². The number of Topliss-reactive ketones (excluding diaryl/α,β-unsaturated/α-hetero) is 1. The van der Waals surface area contributed by atoms with Crippen LogP contribution in [0.2, 0.25) is 0 Å². The van der Waals surface area contributed by atoms with Crippen LogP contribution < -0.4 is 9.47 Å². The van der Waals surface area contributed by atoms with Gasteiger partial charge in [0, 0.05) is 12.1 Å². The number of ether oxygens (including phenoxy) is 2. The van der Waals surface area contributed by atoms with Crippen molar-refractivity contribution in [3.05, 3.63) is 94.6 Å². The van der Waals surface area contributed by atoms with Crippen molar-refractivity contribution in [2.75, 3.05) is 33.8 Å². The molecule has 8 nitrogen and oxygen atoms in total. The van der Waals surface area contributed by atoms with E-state index in [9.17, 15) is 19.8 Å². The van der Waals surface area contributed by atoms with Crippen LogP contribution in [0, 0.1) is 6.92 Å². The quantitative estimate of drug-likeness (QED) is 0.198. The third-order valence-corrected chi connectivity index (χ3v) is 6.76. The number of phenols is 1. The summed E-state index contributed by atoms with van der Waals surface area (Å²) in [5.74, 6) is -0.883. The maximum atomic E-state index is 13.3. The van der Waals surface area contributed by atoms with Gasteiger partial charge in [0.25, 0.3) is 11.7 Å². The minimum atomic E-state index is -0.834. The van der Waals surface area contributed by atoms with E-state index in [1.807, 2.05) is 44.1 Å². The number of nitrogens with zero attached hydrogens (tertiary/aromatic N) is 2. The fraction of sp³-hybridized carbons (Fsp3) is 0.312. The van der Waals surface area contributed by atoms with Crippen molar-refractivity contribution in [1.82, 2.24) is 9.80 Å². The first-order valence-corrected chi connectivity index (χ1v) is 13.4. The molecule has 210 valence electrons. The molecule has 1 saturated heterocycles. The van der Waals surface area contributed by atoms with Crippen molar-refractivity contribution in [3.8, 4) is 17.2 Å². The van der Waals surface area contributed by atoms with E-state index in [4.69, 9.17) is 9.47 Å². The van der Waals surface area contributed by atoms with Crippen molar-refractivity contribution in [1.29, 1.82) is 0 Å². The Kier molecular flexibility index (Phi) is 9.11. The summed E-state index contributed by atoms with van der Waals surface area (Å²) in [6, 6.07) is 18.7. The molecular formula is C32H36N2O6. The highest BCUT2D eigenvalue weighted by Crippen LogP contribution is 2.42.